The number of carbonyl (C=O) groups excluding carboxylic acids is 1. The molecule has 3 rings (SSSR count). The van der Waals surface area contributed by atoms with Crippen LogP contribution in [0.2, 0.25) is 0 Å². The van der Waals surface area contributed by atoms with E-state index in [-0.39, 0.29) is 11.7 Å². The van der Waals surface area contributed by atoms with Gasteiger partial charge < -0.3 is 10.4 Å². The van der Waals surface area contributed by atoms with Gasteiger partial charge in [-0.15, -0.1) is 0 Å². The predicted molar refractivity (Wildman–Crippen MR) is 90.1 cm³/mol. The number of pyridine rings is 1. The first-order valence-corrected chi connectivity index (χ1v) is 7.58. The fraction of sp³-hybridized carbons (Fsp3) is 0.222. The third-order valence-corrected chi connectivity index (χ3v) is 3.87. The number of hydrogen-bond acceptors (Lipinski definition) is 3. The van der Waals surface area contributed by atoms with Crippen molar-refractivity contribution in [3.8, 4) is 5.75 Å². The van der Waals surface area contributed by atoms with Crippen molar-refractivity contribution >= 4 is 17.2 Å². The molecular formula is C18H19N3O2. The van der Waals surface area contributed by atoms with Crippen molar-refractivity contribution in [3.05, 3.63) is 59.0 Å². The van der Waals surface area contributed by atoms with Gasteiger partial charge in [-0.05, 0) is 49.6 Å². The normalized spacial score (nSPS) is 10.9. The molecule has 2 heterocycles. The summed E-state index contributed by atoms with van der Waals surface area (Å²) in [4.78, 5) is 17.3. The number of carbonyl (C=O) groups is 1. The Morgan fingerprint density at radius 2 is 2.09 bits per heavy atom. The van der Waals surface area contributed by atoms with Gasteiger partial charge in [0.15, 0.2) is 0 Å². The number of aryl methyl sites for hydroxylation is 3. The number of amides is 1. The molecule has 1 aromatic carbocycles. The third-order valence-electron chi connectivity index (χ3n) is 3.87. The largest absolute Gasteiger partial charge is 0.506 e. The molecule has 5 nitrogen and oxygen atoms in total. The van der Waals surface area contributed by atoms with Crippen molar-refractivity contribution in [2.45, 2.75) is 27.2 Å². The van der Waals surface area contributed by atoms with Gasteiger partial charge in [0, 0.05) is 6.20 Å². The number of benzene rings is 1. The van der Waals surface area contributed by atoms with Gasteiger partial charge in [-0.3, -0.25) is 9.20 Å². The minimum Gasteiger partial charge on any atom is -0.506 e. The van der Waals surface area contributed by atoms with Crippen LogP contribution in [-0.2, 0) is 6.42 Å². The van der Waals surface area contributed by atoms with Crippen LogP contribution in [-0.4, -0.2) is 20.4 Å². The average Bonchev–Trinajstić information content (AvgIpc) is 2.91. The second-order valence-electron chi connectivity index (χ2n) is 5.62. The zero-order chi connectivity index (χ0) is 16.6. The maximum atomic E-state index is 12.8. The Kier molecular flexibility index (Phi) is 3.78. The highest BCUT2D eigenvalue weighted by molar-refractivity contribution is 6.05. The molecule has 0 saturated heterocycles. The quantitative estimate of drug-likeness (QED) is 0.728. The van der Waals surface area contributed by atoms with Crippen molar-refractivity contribution in [2.24, 2.45) is 0 Å². The second-order valence-corrected chi connectivity index (χ2v) is 5.62. The van der Waals surface area contributed by atoms with Crippen molar-refractivity contribution in [1.82, 2.24) is 9.38 Å². The Balaban J connectivity index is 2.07. The van der Waals surface area contributed by atoms with E-state index in [2.05, 4.69) is 10.3 Å². The maximum Gasteiger partial charge on any atom is 0.274 e. The monoisotopic (exact) mass is 309 g/mol. The van der Waals surface area contributed by atoms with E-state index in [0.717, 1.165) is 22.5 Å². The molecule has 5 heteroatoms. The molecule has 1 amide bonds. The van der Waals surface area contributed by atoms with E-state index in [1.165, 1.54) is 0 Å². The number of phenolic OH excluding ortho intramolecular Hbond substituents is 1. The standard InChI is InChI=1S/C18H19N3O2/c1-4-13-16(21-9-5-6-12(3)17(21)19-13)18(23)20-14-10-11(2)7-8-15(14)22/h5-10,22H,4H2,1-3H3,(H,20,23). The van der Waals surface area contributed by atoms with Crippen LogP contribution < -0.4 is 5.32 Å². The molecular weight excluding hydrogens is 290 g/mol. The smallest absolute Gasteiger partial charge is 0.274 e. The molecule has 0 spiro atoms. The Bertz CT molecular complexity index is 897. The molecule has 118 valence electrons. The summed E-state index contributed by atoms with van der Waals surface area (Å²) in [5.41, 5.74) is 4.40. The van der Waals surface area contributed by atoms with Crippen molar-refractivity contribution < 1.29 is 9.90 Å². The second kappa shape index (κ2) is 5.76. The number of phenols is 1. The van der Waals surface area contributed by atoms with Crippen LogP contribution in [0, 0.1) is 13.8 Å². The van der Waals surface area contributed by atoms with Gasteiger partial charge in [0.25, 0.3) is 5.91 Å². The fourth-order valence-corrected chi connectivity index (χ4v) is 2.67. The zero-order valence-corrected chi connectivity index (χ0v) is 13.4. The lowest BCUT2D eigenvalue weighted by Gasteiger charge is -2.09. The van der Waals surface area contributed by atoms with Gasteiger partial charge >= 0.3 is 0 Å². The summed E-state index contributed by atoms with van der Waals surface area (Å²) in [6, 6.07) is 8.97. The lowest BCUT2D eigenvalue weighted by atomic mass is 10.2. The lowest BCUT2D eigenvalue weighted by molar-refractivity contribution is 0.102. The van der Waals surface area contributed by atoms with Crippen LogP contribution in [0.25, 0.3) is 5.65 Å². The van der Waals surface area contributed by atoms with Crippen LogP contribution in [0.4, 0.5) is 5.69 Å². The van der Waals surface area contributed by atoms with Crippen molar-refractivity contribution in [3.63, 3.8) is 0 Å². The van der Waals surface area contributed by atoms with Crippen molar-refractivity contribution in [1.29, 1.82) is 0 Å². The molecule has 0 radical (unpaired) electrons. The first-order chi connectivity index (χ1) is 11.0. The molecule has 0 saturated carbocycles. The van der Waals surface area contributed by atoms with Crippen LogP contribution >= 0.6 is 0 Å². The number of rotatable bonds is 3. The van der Waals surface area contributed by atoms with E-state index < -0.39 is 0 Å². The average molecular weight is 309 g/mol. The van der Waals surface area contributed by atoms with Gasteiger partial charge in [-0.1, -0.05) is 19.1 Å². The summed E-state index contributed by atoms with van der Waals surface area (Å²) < 4.78 is 1.80. The molecule has 2 N–H and O–H groups in total. The highest BCUT2D eigenvalue weighted by Gasteiger charge is 2.20. The van der Waals surface area contributed by atoms with E-state index in [1.807, 2.05) is 39.1 Å². The minimum absolute atomic E-state index is 0.0481. The van der Waals surface area contributed by atoms with Crippen LogP contribution in [0.1, 0.15) is 34.2 Å². The first kappa shape index (κ1) is 15.1. The summed E-state index contributed by atoms with van der Waals surface area (Å²) in [7, 11) is 0. The summed E-state index contributed by atoms with van der Waals surface area (Å²) in [5, 5.41) is 12.7. The van der Waals surface area contributed by atoms with E-state index in [1.54, 1.807) is 22.6 Å². The minimum atomic E-state index is -0.277. The molecule has 23 heavy (non-hydrogen) atoms. The van der Waals surface area contributed by atoms with E-state index in [4.69, 9.17) is 0 Å². The van der Waals surface area contributed by atoms with Crippen LogP contribution in [0.5, 0.6) is 5.75 Å². The molecule has 0 atom stereocenters. The summed E-state index contributed by atoms with van der Waals surface area (Å²) in [6.07, 6.45) is 2.49. The van der Waals surface area contributed by atoms with Gasteiger partial charge in [0.05, 0.1) is 11.4 Å². The number of aromatic nitrogens is 2. The first-order valence-electron chi connectivity index (χ1n) is 7.58. The Labute approximate surface area is 134 Å². The summed E-state index contributed by atoms with van der Waals surface area (Å²) >= 11 is 0. The van der Waals surface area contributed by atoms with E-state index >= 15 is 0 Å². The highest BCUT2D eigenvalue weighted by atomic mass is 16.3. The molecule has 0 bridgehead atoms. The van der Waals surface area contributed by atoms with Gasteiger partial charge in [0.2, 0.25) is 0 Å². The van der Waals surface area contributed by atoms with Crippen LogP contribution in [0.15, 0.2) is 36.5 Å². The van der Waals surface area contributed by atoms with E-state index in [9.17, 15) is 9.90 Å². The number of aromatic hydroxyl groups is 1. The number of hydrogen-bond donors (Lipinski definition) is 2. The van der Waals surface area contributed by atoms with Gasteiger partial charge in [0.1, 0.15) is 17.1 Å². The summed E-state index contributed by atoms with van der Waals surface area (Å²) in [6.45, 7) is 5.85. The zero-order valence-electron chi connectivity index (χ0n) is 13.4. The Morgan fingerprint density at radius 1 is 1.30 bits per heavy atom. The Morgan fingerprint density at radius 3 is 2.83 bits per heavy atom. The van der Waals surface area contributed by atoms with Gasteiger partial charge in [-0.2, -0.15) is 0 Å². The number of anilines is 1. The molecule has 0 aliphatic carbocycles. The number of fused-ring (bicyclic) bond motifs is 1. The SMILES string of the molecule is CCc1nc2c(C)cccn2c1C(=O)Nc1cc(C)ccc1O. The van der Waals surface area contributed by atoms with E-state index in [0.29, 0.717) is 17.8 Å². The summed E-state index contributed by atoms with van der Waals surface area (Å²) in [5.74, 6) is -0.229. The number of imidazole rings is 1. The maximum absolute atomic E-state index is 12.8. The Hall–Kier alpha value is -2.82. The van der Waals surface area contributed by atoms with Crippen molar-refractivity contribution in [2.75, 3.05) is 5.32 Å². The highest BCUT2D eigenvalue weighted by Crippen LogP contribution is 2.25. The molecule has 0 aliphatic rings. The van der Waals surface area contributed by atoms with Crippen LogP contribution in [0.3, 0.4) is 0 Å². The van der Waals surface area contributed by atoms with Gasteiger partial charge in [-0.25, -0.2) is 4.98 Å². The molecule has 0 aliphatic heterocycles. The number of nitrogens with one attached hydrogen (secondary N) is 1. The number of nitrogens with zero attached hydrogens (tertiary/aromatic N) is 2. The molecule has 2 aromatic heterocycles. The lowest BCUT2D eigenvalue weighted by Crippen LogP contribution is -2.16. The fourth-order valence-electron chi connectivity index (χ4n) is 2.67. The molecule has 3 aromatic rings. The predicted octanol–water partition coefficient (Wildman–Crippen LogP) is 3.47. The third kappa shape index (κ3) is 2.65. The molecule has 0 unspecified atom stereocenters. The molecule has 0 fully saturated rings. The topological polar surface area (TPSA) is 66.6 Å².